The minimum atomic E-state index is -0.833. The lowest BCUT2D eigenvalue weighted by Crippen LogP contribution is -2.39. The Bertz CT molecular complexity index is 1250. The molecule has 4 heterocycles. The SMILES string of the molecule is CC(C)C1COc2cc(F)cc(C(C(=O)OC(C)(C)C)N3CC[C@@H](OCCCCc4ccc5c(n4)NCCC5)C3)c2O1. The number of halogens is 1. The summed E-state index contributed by atoms with van der Waals surface area (Å²) in [5, 5.41) is 3.40. The Kier molecular flexibility index (Phi) is 9.57. The Labute approximate surface area is 249 Å². The molecule has 2 unspecified atom stereocenters. The molecule has 9 heteroatoms. The summed E-state index contributed by atoms with van der Waals surface area (Å²) in [4.78, 5) is 20.5. The average molecular weight is 584 g/mol. The minimum absolute atomic E-state index is 0.0222. The van der Waals surface area contributed by atoms with E-state index in [0.717, 1.165) is 56.6 Å². The van der Waals surface area contributed by atoms with Crippen LogP contribution in [0.1, 0.15) is 83.2 Å². The van der Waals surface area contributed by atoms with Crippen LogP contribution in [0.3, 0.4) is 0 Å². The molecule has 3 atom stereocenters. The van der Waals surface area contributed by atoms with Crippen molar-refractivity contribution in [3.63, 3.8) is 0 Å². The number of benzene rings is 1. The molecule has 0 saturated carbocycles. The van der Waals surface area contributed by atoms with E-state index in [-0.39, 0.29) is 18.1 Å². The highest BCUT2D eigenvalue weighted by atomic mass is 19.1. The number of hydrogen-bond donors (Lipinski definition) is 1. The lowest BCUT2D eigenvalue weighted by molar-refractivity contribution is -0.161. The van der Waals surface area contributed by atoms with Gasteiger partial charge in [-0.2, -0.15) is 0 Å². The van der Waals surface area contributed by atoms with Gasteiger partial charge in [0.15, 0.2) is 11.5 Å². The topological polar surface area (TPSA) is 82.2 Å². The highest BCUT2D eigenvalue weighted by Crippen LogP contribution is 2.43. The first kappa shape index (κ1) is 30.5. The molecule has 0 bridgehead atoms. The summed E-state index contributed by atoms with van der Waals surface area (Å²) in [6, 6.07) is 6.22. The van der Waals surface area contributed by atoms with Gasteiger partial charge in [0.1, 0.15) is 36.0 Å². The number of ether oxygens (including phenoxy) is 4. The second kappa shape index (κ2) is 13.2. The summed E-state index contributed by atoms with van der Waals surface area (Å²) in [6.07, 6.45) is 5.66. The van der Waals surface area contributed by atoms with E-state index < -0.39 is 23.4 Å². The Morgan fingerprint density at radius 3 is 2.86 bits per heavy atom. The zero-order valence-electron chi connectivity index (χ0n) is 25.7. The molecule has 1 fully saturated rings. The fraction of sp³-hybridized carbons (Fsp3) is 0.636. The van der Waals surface area contributed by atoms with Gasteiger partial charge in [-0.15, -0.1) is 0 Å². The third kappa shape index (κ3) is 7.53. The third-order valence-corrected chi connectivity index (χ3v) is 8.06. The number of rotatable bonds is 10. The average Bonchev–Trinajstić information content (AvgIpc) is 3.39. The normalized spacial score (nSPS) is 21.1. The fourth-order valence-corrected chi connectivity index (χ4v) is 5.83. The van der Waals surface area contributed by atoms with Crippen molar-refractivity contribution in [1.82, 2.24) is 9.88 Å². The summed E-state index contributed by atoms with van der Waals surface area (Å²) in [5.74, 6) is 1.08. The maximum absolute atomic E-state index is 14.8. The summed E-state index contributed by atoms with van der Waals surface area (Å²) in [5.41, 5.74) is 2.16. The number of nitrogens with one attached hydrogen (secondary N) is 1. The van der Waals surface area contributed by atoms with Gasteiger partial charge in [0.2, 0.25) is 0 Å². The number of carbonyl (C=O) groups is 1. The molecule has 3 aliphatic heterocycles. The van der Waals surface area contributed by atoms with Crippen LogP contribution in [-0.2, 0) is 27.1 Å². The molecule has 1 aromatic heterocycles. The van der Waals surface area contributed by atoms with Crippen LogP contribution < -0.4 is 14.8 Å². The van der Waals surface area contributed by atoms with Crippen LogP contribution in [0.2, 0.25) is 0 Å². The van der Waals surface area contributed by atoms with Crippen molar-refractivity contribution in [3.8, 4) is 11.5 Å². The molecule has 0 spiro atoms. The van der Waals surface area contributed by atoms with Gasteiger partial charge < -0.3 is 24.3 Å². The highest BCUT2D eigenvalue weighted by Gasteiger charge is 2.40. The number of hydrogen-bond acceptors (Lipinski definition) is 8. The van der Waals surface area contributed by atoms with E-state index in [1.807, 2.05) is 25.7 Å². The molecule has 1 aromatic carbocycles. The maximum Gasteiger partial charge on any atom is 0.328 e. The summed E-state index contributed by atoms with van der Waals surface area (Å²) < 4.78 is 39.2. The van der Waals surface area contributed by atoms with Gasteiger partial charge in [-0.05, 0) is 82.9 Å². The van der Waals surface area contributed by atoms with Gasteiger partial charge in [-0.25, -0.2) is 14.2 Å². The fourth-order valence-electron chi connectivity index (χ4n) is 5.83. The van der Waals surface area contributed by atoms with E-state index in [1.54, 1.807) is 0 Å². The third-order valence-electron chi connectivity index (χ3n) is 8.06. The molecular weight excluding hydrogens is 537 g/mol. The highest BCUT2D eigenvalue weighted by molar-refractivity contribution is 5.80. The first-order valence-corrected chi connectivity index (χ1v) is 15.5. The van der Waals surface area contributed by atoms with Crippen LogP contribution >= 0.6 is 0 Å². The number of aryl methyl sites for hydroxylation is 2. The van der Waals surface area contributed by atoms with Crippen LogP contribution in [-0.4, -0.2) is 66.5 Å². The summed E-state index contributed by atoms with van der Waals surface area (Å²) in [7, 11) is 0. The van der Waals surface area contributed by atoms with E-state index in [1.165, 1.54) is 17.7 Å². The molecule has 1 N–H and O–H groups in total. The second-order valence-corrected chi connectivity index (χ2v) is 13.0. The number of nitrogens with zero attached hydrogens (tertiary/aromatic N) is 2. The van der Waals surface area contributed by atoms with Gasteiger partial charge in [-0.3, -0.25) is 4.90 Å². The Hall–Kier alpha value is -2.91. The number of fused-ring (bicyclic) bond motifs is 2. The van der Waals surface area contributed by atoms with Crippen LogP contribution in [0.4, 0.5) is 10.2 Å². The molecule has 42 heavy (non-hydrogen) atoms. The number of pyridine rings is 1. The zero-order valence-corrected chi connectivity index (χ0v) is 25.7. The number of esters is 1. The zero-order chi connectivity index (χ0) is 29.9. The number of carbonyl (C=O) groups excluding carboxylic acids is 1. The number of anilines is 1. The molecule has 3 aliphatic rings. The largest absolute Gasteiger partial charge is 0.486 e. The van der Waals surface area contributed by atoms with Gasteiger partial charge in [0, 0.05) is 43.6 Å². The van der Waals surface area contributed by atoms with Crippen LogP contribution in [0.5, 0.6) is 11.5 Å². The van der Waals surface area contributed by atoms with Crippen LogP contribution in [0, 0.1) is 11.7 Å². The number of unbranched alkanes of at least 4 members (excludes halogenated alkanes) is 1. The van der Waals surface area contributed by atoms with Gasteiger partial charge >= 0.3 is 5.97 Å². The number of aromatic nitrogens is 1. The predicted octanol–water partition coefficient (Wildman–Crippen LogP) is 5.87. The van der Waals surface area contributed by atoms with Crippen molar-refractivity contribution < 1.29 is 28.1 Å². The molecule has 2 aromatic rings. The predicted molar refractivity (Wildman–Crippen MR) is 160 cm³/mol. The molecule has 0 aliphatic carbocycles. The van der Waals surface area contributed by atoms with E-state index in [2.05, 4.69) is 31.3 Å². The Morgan fingerprint density at radius 1 is 1.24 bits per heavy atom. The molecular formula is C33H46FN3O5. The van der Waals surface area contributed by atoms with Gasteiger partial charge in [-0.1, -0.05) is 19.9 Å². The van der Waals surface area contributed by atoms with Crippen molar-refractivity contribution in [3.05, 3.63) is 46.9 Å². The van der Waals surface area contributed by atoms with Gasteiger partial charge in [0.25, 0.3) is 0 Å². The Morgan fingerprint density at radius 2 is 2.07 bits per heavy atom. The quantitative estimate of drug-likeness (QED) is 0.275. The van der Waals surface area contributed by atoms with Crippen molar-refractivity contribution in [2.75, 3.05) is 38.2 Å². The molecule has 0 radical (unpaired) electrons. The molecule has 8 nitrogen and oxygen atoms in total. The molecule has 230 valence electrons. The lowest BCUT2D eigenvalue weighted by atomic mass is 10.0. The maximum atomic E-state index is 14.8. The van der Waals surface area contributed by atoms with Crippen LogP contribution in [0.25, 0.3) is 0 Å². The van der Waals surface area contributed by atoms with E-state index in [0.29, 0.717) is 43.4 Å². The monoisotopic (exact) mass is 583 g/mol. The van der Waals surface area contributed by atoms with E-state index >= 15 is 0 Å². The first-order valence-electron chi connectivity index (χ1n) is 15.5. The minimum Gasteiger partial charge on any atom is -0.486 e. The molecule has 0 amide bonds. The molecule has 5 rings (SSSR count). The van der Waals surface area contributed by atoms with E-state index in [9.17, 15) is 9.18 Å². The van der Waals surface area contributed by atoms with E-state index in [4.69, 9.17) is 23.9 Å². The van der Waals surface area contributed by atoms with Crippen molar-refractivity contribution >= 4 is 11.8 Å². The Balaban J connectivity index is 1.22. The van der Waals surface area contributed by atoms with Crippen molar-refractivity contribution in [2.24, 2.45) is 5.92 Å². The lowest BCUT2D eigenvalue weighted by Gasteiger charge is -2.34. The standard InChI is InChI=1S/C33H46FN3O5/c1-21(2)28-20-40-27-18-23(34)17-26(30(27)41-28)29(32(38)42-33(3,4)5)37-15-13-25(19-37)39-16-7-6-10-24-12-11-22-9-8-14-35-31(22)36-24/h11-12,17-18,21,25,28-29H,6-10,13-16,19-20H2,1-5H3,(H,35,36)/t25-,28?,29?/m1/s1. The summed E-state index contributed by atoms with van der Waals surface area (Å²) >= 11 is 0. The molecule has 1 saturated heterocycles. The van der Waals surface area contributed by atoms with Crippen molar-refractivity contribution in [2.45, 2.75) is 97.0 Å². The summed E-state index contributed by atoms with van der Waals surface area (Å²) in [6.45, 7) is 12.8. The first-order chi connectivity index (χ1) is 20.1. The number of likely N-dealkylation sites (tertiary alicyclic amines) is 1. The van der Waals surface area contributed by atoms with Crippen LogP contribution in [0.15, 0.2) is 24.3 Å². The smallest absolute Gasteiger partial charge is 0.328 e. The van der Waals surface area contributed by atoms with Gasteiger partial charge in [0.05, 0.1) is 6.10 Å². The second-order valence-electron chi connectivity index (χ2n) is 13.0. The van der Waals surface area contributed by atoms with Crippen molar-refractivity contribution in [1.29, 1.82) is 0 Å².